The van der Waals surface area contributed by atoms with Crippen LogP contribution in [-0.4, -0.2) is 37.4 Å². The van der Waals surface area contributed by atoms with Crippen molar-refractivity contribution in [3.63, 3.8) is 0 Å². The lowest BCUT2D eigenvalue weighted by Gasteiger charge is -2.14. The summed E-state index contributed by atoms with van der Waals surface area (Å²) in [6.45, 7) is 3.30. The molecule has 0 bridgehead atoms. The van der Waals surface area contributed by atoms with E-state index in [4.69, 9.17) is 9.84 Å². The second kappa shape index (κ2) is 8.66. The molecule has 22 heavy (non-hydrogen) atoms. The van der Waals surface area contributed by atoms with Crippen molar-refractivity contribution in [1.29, 1.82) is 0 Å². The summed E-state index contributed by atoms with van der Waals surface area (Å²) < 4.78 is 23.1. The minimum absolute atomic E-state index is 0.0350. The van der Waals surface area contributed by atoms with Crippen molar-refractivity contribution in [1.82, 2.24) is 5.32 Å². The van der Waals surface area contributed by atoms with E-state index < -0.39 is 23.8 Å². The maximum Gasteiger partial charge on any atom is 0.407 e. The molecular formula is C15H18FNO5. The molecule has 0 fully saturated rings. The van der Waals surface area contributed by atoms with Gasteiger partial charge in [0, 0.05) is 6.54 Å². The molecule has 0 aliphatic rings. The van der Waals surface area contributed by atoms with Crippen LogP contribution in [0.5, 0.6) is 5.75 Å². The van der Waals surface area contributed by atoms with Crippen molar-refractivity contribution < 1.29 is 28.6 Å². The molecule has 0 aliphatic carbocycles. The third-order valence-corrected chi connectivity index (χ3v) is 2.87. The molecule has 1 amide bonds. The molecule has 7 heteroatoms. The van der Waals surface area contributed by atoms with Crippen LogP contribution in [0, 0.1) is 11.7 Å². The van der Waals surface area contributed by atoms with Crippen LogP contribution in [-0.2, 0) is 16.0 Å². The van der Waals surface area contributed by atoms with Crippen LogP contribution < -0.4 is 10.1 Å². The predicted octanol–water partition coefficient (Wildman–Crippen LogP) is 1.99. The molecular weight excluding hydrogens is 293 g/mol. The summed E-state index contributed by atoms with van der Waals surface area (Å²) in [4.78, 5) is 22.5. The van der Waals surface area contributed by atoms with Gasteiger partial charge in [-0.1, -0.05) is 18.7 Å². The van der Waals surface area contributed by atoms with Crippen LogP contribution in [0.2, 0.25) is 0 Å². The van der Waals surface area contributed by atoms with Gasteiger partial charge in [-0.05, 0) is 24.1 Å². The smallest absolute Gasteiger partial charge is 0.407 e. The van der Waals surface area contributed by atoms with Crippen molar-refractivity contribution in [2.24, 2.45) is 5.92 Å². The Morgan fingerprint density at radius 3 is 2.77 bits per heavy atom. The molecule has 0 saturated carbocycles. The summed E-state index contributed by atoms with van der Waals surface area (Å²) in [6.07, 6.45) is 0.735. The molecule has 6 nitrogen and oxygen atoms in total. The number of carboxylic acids is 1. The van der Waals surface area contributed by atoms with E-state index in [0.717, 1.165) is 0 Å². The fraction of sp³-hybridized carbons (Fsp3) is 0.333. The molecule has 0 aromatic heterocycles. The first-order valence-electron chi connectivity index (χ1n) is 6.54. The molecule has 1 aromatic carbocycles. The highest BCUT2D eigenvalue weighted by Crippen LogP contribution is 2.19. The number of amides is 1. The van der Waals surface area contributed by atoms with Crippen molar-refractivity contribution in [3.8, 4) is 5.75 Å². The van der Waals surface area contributed by atoms with Gasteiger partial charge in [0.1, 0.15) is 6.61 Å². The van der Waals surface area contributed by atoms with Gasteiger partial charge >= 0.3 is 12.1 Å². The van der Waals surface area contributed by atoms with E-state index in [1.165, 1.54) is 25.3 Å². The summed E-state index contributed by atoms with van der Waals surface area (Å²) in [5.41, 5.74) is 0.493. The van der Waals surface area contributed by atoms with Crippen LogP contribution in [0.3, 0.4) is 0 Å². The molecule has 0 radical (unpaired) electrons. The van der Waals surface area contributed by atoms with Crippen LogP contribution >= 0.6 is 0 Å². The van der Waals surface area contributed by atoms with E-state index in [0.29, 0.717) is 5.56 Å². The second-order valence-electron chi connectivity index (χ2n) is 4.48. The number of benzene rings is 1. The summed E-state index contributed by atoms with van der Waals surface area (Å²) in [7, 11) is 1.34. The molecule has 120 valence electrons. The molecule has 1 unspecified atom stereocenters. The first kappa shape index (κ1) is 17.5. The average molecular weight is 311 g/mol. The maximum atomic E-state index is 13.6. The molecule has 1 rings (SSSR count). The SMILES string of the molecule is C=CCOC(=O)NCC(Cc1ccc(OC)c(F)c1)C(=O)O. The normalized spacial score (nSPS) is 11.4. The number of carbonyl (C=O) groups is 2. The number of alkyl carbamates (subject to hydrolysis) is 1. The third-order valence-electron chi connectivity index (χ3n) is 2.87. The van der Waals surface area contributed by atoms with Gasteiger partial charge in [-0.15, -0.1) is 0 Å². The molecule has 1 atom stereocenters. The van der Waals surface area contributed by atoms with Gasteiger partial charge in [0.2, 0.25) is 0 Å². The highest BCUT2D eigenvalue weighted by atomic mass is 19.1. The minimum Gasteiger partial charge on any atom is -0.494 e. The van der Waals surface area contributed by atoms with E-state index in [9.17, 15) is 14.0 Å². The van der Waals surface area contributed by atoms with Gasteiger partial charge in [0.25, 0.3) is 0 Å². The Hall–Kier alpha value is -2.57. The Bertz CT molecular complexity index is 547. The molecule has 0 aliphatic heterocycles. The number of rotatable bonds is 8. The number of methoxy groups -OCH3 is 1. The maximum absolute atomic E-state index is 13.6. The molecule has 0 saturated heterocycles. The number of hydrogen-bond donors (Lipinski definition) is 2. The van der Waals surface area contributed by atoms with Crippen molar-refractivity contribution >= 4 is 12.1 Å². The number of hydrogen-bond acceptors (Lipinski definition) is 4. The number of ether oxygens (including phenoxy) is 2. The van der Waals surface area contributed by atoms with E-state index in [1.54, 1.807) is 6.07 Å². The first-order valence-corrected chi connectivity index (χ1v) is 6.54. The number of nitrogens with one attached hydrogen (secondary N) is 1. The van der Waals surface area contributed by atoms with E-state index in [-0.39, 0.29) is 25.3 Å². The van der Waals surface area contributed by atoms with Gasteiger partial charge in [0.15, 0.2) is 11.6 Å². The topological polar surface area (TPSA) is 84.9 Å². The van der Waals surface area contributed by atoms with Gasteiger partial charge in [-0.2, -0.15) is 0 Å². The van der Waals surface area contributed by atoms with Crippen LogP contribution in [0.4, 0.5) is 9.18 Å². The lowest BCUT2D eigenvalue weighted by molar-refractivity contribution is -0.141. The molecule has 2 N–H and O–H groups in total. The van der Waals surface area contributed by atoms with Gasteiger partial charge in [-0.25, -0.2) is 9.18 Å². The van der Waals surface area contributed by atoms with Crippen LogP contribution in [0.1, 0.15) is 5.56 Å². The monoisotopic (exact) mass is 311 g/mol. The Kier molecular flexibility index (Phi) is 6.88. The fourth-order valence-corrected chi connectivity index (χ4v) is 1.76. The molecule has 0 heterocycles. The Labute approximate surface area is 127 Å². The number of carbonyl (C=O) groups excluding carboxylic acids is 1. The van der Waals surface area contributed by atoms with Gasteiger partial charge in [0.05, 0.1) is 13.0 Å². The Balaban J connectivity index is 2.64. The zero-order valence-corrected chi connectivity index (χ0v) is 12.2. The van der Waals surface area contributed by atoms with Crippen molar-refractivity contribution in [2.45, 2.75) is 6.42 Å². The average Bonchev–Trinajstić information content (AvgIpc) is 2.49. The third kappa shape index (κ3) is 5.43. The molecule has 0 spiro atoms. The van der Waals surface area contributed by atoms with Crippen molar-refractivity contribution in [3.05, 3.63) is 42.2 Å². The van der Waals surface area contributed by atoms with Crippen LogP contribution in [0.25, 0.3) is 0 Å². The highest BCUT2D eigenvalue weighted by molar-refractivity contribution is 5.73. The number of carboxylic acid groups (broad SMARTS) is 1. The number of halogens is 1. The zero-order chi connectivity index (χ0) is 16.5. The Morgan fingerprint density at radius 1 is 1.50 bits per heavy atom. The lowest BCUT2D eigenvalue weighted by atomic mass is 9.99. The molecule has 1 aromatic rings. The Morgan fingerprint density at radius 2 is 2.23 bits per heavy atom. The minimum atomic E-state index is -1.10. The van der Waals surface area contributed by atoms with E-state index >= 15 is 0 Å². The summed E-state index contributed by atoms with van der Waals surface area (Å²) in [5, 5.41) is 11.5. The number of aliphatic carboxylic acids is 1. The van der Waals surface area contributed by atoms with Gasteiger partial charge < -0.3 is 19.9 Å². The van der Waals surface area contributed by atoms with E-state index in [1.807, 2.05) is 0 Å². The highest BCUT2D eigenvalue weighted by Gasteiger charge is 2.20. The predicted molar refractivity (Wildman–Crippen MR) is 77.3 cm³/mol. The standard InChI is InChI=1S/C15H18FNO5/c1-3-6-22-15(20)17-9-11(14(18)19)7-10-4-5-13(21-2)12(16)8-10/h3-5,8,11H,1,6-7,9H2,2H3,(H,17,20)(H,18,19). The van der Waals surface area contributed by atoms with Crippen molar-refractivity contribution in [2.75, 3.05) is 20.3 Å². The zero-order valence-electron chi connectivity index (χ0n) is 12.2. The quantitative estimate of drug-likeness (QED) is 0.717. The van der Waals surface area contributed by atoms with E-state index in [2.05, 4.69) is 16.6 Å². The summed E-state index contributed by atoms with van der Waals surface area (Å²) >= 11 is 0. The largest absolute Gasteiger partial charge is 0.494 e. The fourth-order valence-electron chi connectivity index (χ4n) is 1.76. The van der Waals surface area contributed by atoms with Gasteiger partial charge in [-0.3, -0.25) is 4.79 Å². The van der Waals surface area contributed by atoms with Crippen LogP contribution in [0.15, 0.2) is 30.9 Å². The first-order chi connectivity index (χ1) is 10.5. The lowest BCUT2D eigenvalue weighted by Crippen LogP contribution is -2.34. The second-order valence-corrected chi connectivity index (χ2v) is 4.48. The summed E-state index contributed by atoms with van der Waals surface area (Å²) in [6, 6.07) is 4.22. The summed E-state index contributed by atoms with van der Waals surface area (Å²) in [5.74, 6) is -2.48.